The standard InChI is InChI=1S/C20H21ClFN3OS/c1-4-14-5-8-16(9-6-14)23-20-24(3)19(12-27-20)25(13(2)26)18-10-7-15(21)11-17(18)22/h5-11,19H,4,12H2,1-3H3. The zero-order valence-corrected chi connectivity index (χ0v) is 17.0. The van der Waals surface area contributed by atoms with E-state index in [1.807, 2.05) is 24.1 Å². The average molecular weight is 406 g/mol. The minimum Gasteiger partial charge on any atom is -0.333 e. The van der Waals surface area contributed by atoms with Gasteiger partial charge in [0, 0.05) is 24.7 Å². The van der Waals surface area contributed by atoms with Crippen molar-refractivity contribution >= 4 is 45.8 Å². The molecular formula is C20H21ClFN3OS. The number of carbonyl (C=O) groups excluding carboxylic acids is 1. The summed E-state index contributed by atoms with van der Waals surface area (Å²) in [6.07, 6.45) is 0.658. The van der Waals surface area contributed by atoms with Gasteiger partial charge in [0.05, 0.1) is 11.4 Å². The molecule has 2 aromatic carbocycles. The van der Waals surface area contributed by atoms with Crippen molar-refractivity contribution in [2.45, 2.75) is 26.4 Å². The van der Waals surface area contributed by atoms with Crippen LogP contribution in [0.1, 0.15) is 19.4 Å². The van der Waals surface area contributed by atoms with E-state index in [2.05, 4.69) is 24.0 Å². The molecule has 0 spiro atoms. The topological polar surface area (TPSA) is 35.9 Å². The van der Waals surface area contributed by atoms with Crippen LogP contribution in [0.3, 0.4) is 0 Å². The van der Waals surface area contributed by atoms with E-state index in [-0.39, 0.29) is 17.8 Å². The molecule has 1 fully saturated rings. The molecule has 1 atom stereocenters. The maximum absolute atomic E-state index is 14.4. The number of anilines is 1. The SMILES string of the molecule is CCc1ccc(N=C2SCC(N(C(C)=O)c3ccc(Cl)cc3F)N2C)cc1. The number of rotatable bonds is 4. The van der Waals surface area contributed by atoms with Crippen LogP contribution in [0.2, 0.25) is 5.02 Å². The summed E-state index contributed by atoms with van der Waals surface area (Å²) < 4.78 is 14.4. The lowest BCUT2D eigenvalue weighted by atomic mass is 10.2. The molecule has 0 radical (unpaired) electrons. The van der Waals surface area contributed by atoms with Crippen LogP contribution in [0, 0.1) is 5.82 Å². The third-order valence-electron chi connectivity index (χ3n) is 4.49. The quantitative estimate of drug-likeness (QED) is 0.711. The minimum atomic E-state index is -0.517. The van der Waals surface area contributed by atoms with Gasteiger partial charge in [-0.2, -0.15) is 0 Å². The summed E-state index contributed by atoms with van der Waals surface area (Å²) in [7, 11) is 1.87. The average Bonchev–Trinajstić information content (AvgIpc) is 2.98. The Balaban J connectivity index is 1.87. The number of hydrogen-bond donors (Lipinski definition) is 0. The van der Waals surface area contributed by atoms with E-state index >= 15 is 0 Å². The highest BCUT2D eigenvalue weighted by molar-refractivity contribution is 8.14. The van der Waals surface area contributed by atoms with Crippen LogP contribution in [-0.4, -0.2) is 34.9 Å². The maximum atomic E-state index is 14.4. The van der Waals surface area contributed by atoms with Crippen LogP contribution in [0.5, 0.6) is 0 Å². The summed E-state index contributed by atoms with van der Waals surface area (Å²) in [4.78, 5) is 20.4. The Morgan fingerprint density at radius 1 is 1.33 bits per heavy atom. The lowest BCUT2D eigenvalue weighted by molar-refractivity contribution is -0.117. The second-order valence-corrected chi connectivity index (χ2v) is 7.73. The number of hydrogen-bond acceptors (Lipinski definition) is 3. The van der Waals surface area contributed by atoms with Gasteiger partial charge in [-0.15, -0.1) is 0 Å². The molecule has 27 heavy (non-hydrogen) atoms. The Bertz CT molecular complexity index is 872. The molecule has 3 rings (SSSR count). The molecule has 1 aliphatic rings. The second kappa shape index (κ2) is 8.31. The fourth-order valence-electron chi connectivity index (χ4n) is 2.98. The van der Waals surface area contributed by atoms with Gasteiger partial charge in [0.25, 0.3) is 0 Å². The summed E-state index contributed by atoms with van der Waals surface area (Å²) in [6, 6.07) is 12.4. The highest BCUT2D eigenvalue weighted by Gasteiger charge is 2.35. The van der Waals surface area contributed by atoms with E-state index in [0.717, 1.165) is 17.3 Å². The van der Waals surface area contributed by atoms with Crippen LogP contribution in [0.25, 0.3) is 0 Å². The molecule has 0 N–H and O–H groups in total. The maximum Gasteiger partial charge on any atom is 0.225 e. The molecule has 4 nitrogen and oxygen atoms in total. The highest BCUT2D eigenvalue weighted by Crippen LogP contribution is 2.32. The molecule has 1 unspecified atom stereocenters. The first-order valence-electron chi connectivity index (χ1n) is 8.68. The smallest absolute Gasteiger partial charge is 0.225 e. The molecule has 0 aromatic heterocycles. The number of carbonyl (C=O) groups is 1. The molecule has 1 amide bonds. The van der Waals surface area contributed by atoms with Gasteiger partial charge in [-0.25, -0.2) is 9.38 Å². The number of aryl methyl sites for hydroxylation is 1. The number of benzene rings is 2. The fourth-order valence-corrected chi connectivity index (χ4v) is 4.31. The van der Waals surface area contributed by atoms with Gasteiger partial charge in [-0.1, -0.05) is 42.4 Å². The predicted molar refractivity (Wildman–Crippen MR) is 111 cm³/mol. The number of amidine groups is 1. The molecule has 0 aliphatic carbocycles. The molecule has 0 bridgehead atoms. The molecule has 1 heterocycles. The summed E-state index contributed by atoms with van der Waals surface area (Å²) in [5.41, 5.74) is 2.33. The number of thioether (sulfide) groups is 1. The first kappa shape index (κ1) is 19.7. The van der Waals surface area contributed by atoms with Crippen LogP contribution < -0.4 is 4.90 Å². The number of nitrogens with zero attached hydrogens (tertiary/aromatic N) is 3. The van der Waals surface area contributed by atoms with Crippen LogP contribution in [-0.2, 0) is 11.2 Å². The van der Waals surface area contributed by atoms with E-state index < -0.39 is 5.82 Å². The van der Waals surface area contributed by atoms with E-state index in [9.17, 15) is 9.18 Å². The zero-order valence-electron chi connectivity index (χ0n) is 15.4. The number of halogens is 2. The molecule has 0 saturated carbocycles. The molecule has 2 aromatic rings. The Morgan fingerprint density at radius 3 is 2.63 bits per heavy atom. The van der Waals surface area contributed by atoms with E-state index in [0.29, 0.717) is 10.8 Å². The van der Waals surface area contributed by atoms with Crippen molar-refractivity contribution in [2.24, 2.45) is 4.99 Å². The molecular weight excluding hydrogens is 385 g/mol. The van der Waals surface area contributed by atoms with Crippen molar-refractivity contribution in [1.82, 2.24) is 4.90 Å². The van der Waals surface area contributed by atoms with Crippen molar-refractivity contribution in [3.05, 3.63) is 58.9 Å². The Labute approximate surface area is 168 Å². The first-order valence-corrected chi connectivity index (χ1v) is 10.0. The van der Waals surface area contributed by atoms with E-state index in [1.54, 1.807) is 17.8 Å². The van der Waals surface area contributed by atoms with Crippen molar-refractivity contribution in [3.63, 3.8) is 0 Å². The van der Waals surface area contributed by atoms with Crippen LogP contribution in [0.15, 0.2) is 47.5 Å². The Hall–Kier alpha value is -2.05. The summed E-state index contributed by atoms with van der Waals surface area (Å²) in [5, 5.41) is 1.09. The second-order valence-electron chi connectivity index (χ2n) is 6.30. The fraction of sp³-hybridized carbons (Fsp3) is 0.300. The number of amides is 1. The monoisotopic (exact) mass is 405 g/mol. The summed E-state index contributed by atoms with van der Waals surface area (Å²) in [6.45, 7) is 3.55. The van der Waals surface area contributed by atoms with Gasteiger partial charge in [-0.3, -0.25) is 9.69 Å². The predicted octanol–water partition coefficient (Wildman–Crippen LogP) is 5.09. The van der Waals surface area contributed by atoms with Gasteiger partial charge in [0.15, 0.2) is 5.17 Å². The van der Waals surface area contributed by atoms with E-state index in [4.69, 9.17) is 11.6 Å². The van der Waals surface area contributed by atoms with Crippen molar-refractivity contribution in [1.29, 1.82) is 0 Å². The Kier molecular flexibility index (Phi) is 6.07. The minimum absolute atomic E-state index is 0.220. The van der Waals surface area contributed by atoms with Crippen molar-refractivity contribution in [2.75, 3.05) is 17.7 Å². The largest absolute Gasteiger partial charge is 0.333 e. The van der Waals surface area contributed by atoms with E-state index in [1.165, 1.54) is 29.5 Å². The van der Waals surface area contributed by atoms with Crippen molar-refractivity contribution < 1.29 is 9.18 Å². The molecule has 7 heteroatoms. The zero-order chi connectivity index (χ0) is 19.6. The lowest BCUT2D eigenvalue weighted by Crippen LogP contribution is -2.48. The lowest BCUT2D eigenvalue weighted by Gasteiger charge is -2.33. The van der Waals surface area contributed by atoms with Gasteiger partial charge < -0.3 is 4.90 Å². The van der Waals surface area contributed by atoms with Gasteiger partial charge >= 0.3 is 0 Å². The van der Waals surface area contributed by atoms with Gasteiger partial charge in [0.1, 0.15) is 12.0 Å². The molecule has 142 valence electrons. The summed E-state index contributed by atoms with van der Waals surface area (Å²) >= 11 is 7.39. The molecule has 1 saturated heterocycles. The first-order chi connectivity index (χ1) is 12.9. The van der Waals surface area contributed by atoms with Crippen LogP contribution >= 0.6 is 23.4 Å². The Morgan fingerprint density at radius 2 is 2.04 bits per heavy atom. The normalized spacial score (nSPS) is 18.2. The van der Waals surface area contributed by atoms with Crippen LogP contribution in [0.4, 0.5) is 15.8 Å². The summed E-state index contributed by atoms with van der Waals surface area (Å²) in [5.74, 6) is -0.150. The molecule has 1 aliphatic heterocycles. The third kappa shape index (κ3) is 4.28. The van der Waals surface area contributed by atoms with Gasteiger partial charge in [-0.05, 0) is 42.3 Å². The van der Waals surface area contributed by atoms with Crippen molar-refractivity contribution in [3.8, 4) is 0 Å². The highest BCUT2D eigenvalue weighted by atomic mass is 35.5. The number of aliphatic imine (C=N–C) groups is 1. The van der Waals surface area contributed by atoms with Gasteiger partial charge in [0.2, 0.25) is 5.91 Å². The third-order valence-corrected chi connectivity index (χ3v) is 5.82.